The summed E-state index contributed by atoms with van der Waals surface area (Å²) in [6, 6.07) is 0. The van der Waals surface area contributed by atoms with Crippen LogP contribution in [0.2, 0.25) is 0 Å². The van der Waals surface area contributed by atoms with E-state index in [0.29, 0.717) is 6.42 Å². The molecule has 1 amide bonds. The minimum atomic E-state index is -4.16. The summed E-state index contributed by atoms with van der Waals surface area (Å²) in [7, 11) is -3.29. The first-order chi connectivity index (χ1) is 25.1. The molecule has 0 aromatic heterocycles. The molecule has 52 heavy (non-hydrogen) atoms. The topological polar surface area (TPSA) is 108 Å². The lowest BCUT2D eigenvalue weighted by Gasteiger charge is -2.38. The fraction of sp³-hybridized carbons (Fsp3) is 0.860. The molecule has 1 heterocycles. The van der Waals surface area contributed by atoms with Crippen LogP contribution in [-0.2, 0) is 19.4 Å². The Morgan fingerprint density at radius 2 is 1.06 bits per heavy atom. The normalized spacial score (nSPS) is 13.6. The quantitative estimate of drug-likeness (QED) is 0.0385. The fourth-order valence-corrected chi connectivity index (χ4v) is 6.67. The number of unbranched alkanes of at least 4 members (excludes halogenated alkanes) is 23. The van der Waals surface area contributed by atoms with Crippen molar-refractivity contribution in [2.24, 2.45) is 4.99 Å². The van der Waals surface area contributed by atoms with Crippen LogP contribution >= 0.6 is 0 Å². The van der Waals surface area contributed by atoms with Crippen LogP contribution in [0.3, 0.4) is 0 Å². The molecular formula is C43H83N3O5S. The van der Waals surface area contributed by atoms with E-state index < -0.39 is 10.4 Å². The third-order valence-electron chi connectivity index (χ3n) is 9.84. The number of amidine groups is 1. The number of amides is 1. The van der Waals surface area contributed by atoms with E-state index in [1.165, 1.54) is 166 Å². The molecule has 0 aromatic carbocycles. The zero-order valence-corrected chi connectivity index (χ0v) is 35.4. The van der Waals surface area contributed by atoms with Gasteiger partial charge >= 0.3 is 10.4 Å². The largest absolute Gasteiger partial charge is 0.397 e. The molecule has 0 spiro atoms. The molecule has 0 aromatic rings. The van der Waals surface area contributed by atoms with Gasteiger partial charge in [0.15, 0.2) is 0 Å². The average molecular weight is 754 g/mol. The highest BCUT2D eigenvalue weighted by atomic mass is 32.3. The zero-order valence-electron chi connectivity index (χ0n) is 34.6. The summed E-state index contributed by atoms with van der Waals surface area (Å²) in [5, 5.41) is 3.33. The first kappa shape index (κ1) is 50.3. The molecular weight excluding hydrogens is 671 g/mol. The van der Waals surface area contributed by atoms with E-state index in [1.807, 2.05) is 0 Å². The Hall–Kier alpha value is -1.71. The van der Waals surface area contributed by atoms with Crippen LogP contribution in [-0.4, -0.2) is 55.5 Å². The lowest BCUT2D eigenvalue weighted by molar-refractivity contribution is -0.124. The van der Waals surface area contributed by atoms with Gasteiger partial charge in [0, 0.05) is 19.4 Å². The average Bonchev–Trinajstić information content (AvgIpc) is 3.59. The molecule has 0 radical (unpaired) electrons. The number of allylic oxidation sites excluding steroid dienone is 4. The number of hydrogen-bond donors (Lipinski definition) is 2. The van der Waals surface area contributed by atoms with Gasteiger partial charge in [0.2, 0.25) is 5.91 Å². The van der Waals surface area contributed by atoms with E-state index in [1.54, 1.807) is 0 Å². The summed E-state index contributed by atoms with van der Waals surface area (Å²) in [6.45, 7) is 10.6. The molecule has 9 heteroatoms. The van der Waals surface area contributed by atoms with E-state index in [4.69, 9.17) is 9.55 Å². The fourth-order valence-electron chi connectivity index (χ4n) is 6.67. The van der Waals surface area contributed by atoms with Gasteiger partial charge in [-0.05, 0) is 78.1 Å². The predicted molar refractivity (Wildman–Crippen MR) is 223 cm³/mol. The Morgan fingerprint density at radius 1 is 0.692 bits per heavy atom. The van der Waals surface area contributed by atoms with E-state index in [2.05, 4.69) is 66.4 Å². The molecule has 1 aliphatic heterocycles. The number of carbonyl (C=O) groups is 1. The second-order valence-corrected chi connectivity index (χ2v) is 16.4. The standard InChI is InChI=1S/C42H79N3O.CH4O4S/c1-5-7-9-11-13-15-17-19-21-23-24-26-28-30-32-34-36-40-43-38-39-45(40)42(3,4)44-41(46)37-35-33-31-29-27-25-22-20-18-16-14-12-10-8-6-2;1-5-6(2,3)4/h19-22H,5-18,23-39H2,1-4H3,(H,44,46);1H3,(H,2,3,4)/b21-19-,22-20-;. The highest BCUT2D eigenvalue weighted by molar-refractivity contribution is 7.80. The molecule has 1 aliphatic rings. The molecule has 306 valence electrons. The third-order valence-corrected chi connectivity index (χ3v) is 10.3. The van der Waals surface area contributed by atoms with Gasteiger partial charge in [0.05, 0.1) is 13.7 Å². The van der Waals surface area contributed by atoms with Gasteiger partial charge in [0.1, 0.15) is 11.5 Å². The summed E-state index contributed by atoms with van der Waals surface area (Å²) >= 11 is 0. The van der Waals surface area contributed by atoms with Crippen molar-refractivity contribution in [1.29, 1.82) is 0 Å². The highest BCUT2D eigenvalue weighted by Crippen LogP contribution is 2.20. The smallest absolute Gasteiger partial charge is 0.336 e. The molecule has 0 saturated carbocycles. The maximum Gasteiger partial charge on any atom is 0.397 e. The van der Waals surface area contributed by atoms with Gasteiger partial charge in [-0.15, -0.1) is 0 Å². The Labute approximate surface area is 322 Å². The SMILES string of the molecule is CCCCCCCC/C=C\CCCCCCCCC1=NCCN1C(C)(C)NC(=O)CCCCCCC/C=C\CCCCCCCC.COS(=O)(=O)O. The summed E-state index contributed by atoms with van der Waals surface area (Å²) in [4.78, 5) is 20.0. The van der Waals surface area contributed by atoms with Crippen LogP contribution in [0.4, 0.5) is 0 Å². The molecule has 2 N–H and O–H groups in total. The molecule has 0 aliphatic carbocycles. The van der Waals surface area contributed by atoms with Crippen molar-refractivity contribution < 1.29 is 21.9 Å². The second kappa shape index (κ2) is 35.0. The number of rotatable bonds is 34. The van der Waals surface area contributed by atoms with Crippen molar-refractivity contribution in [2.75, 3.05) is 20.2 Å². The van der Waals surface area contributed by atoms with E-state index in [9.17, 15) is 13.2 Å². The van der Waals surface area contributed by atoms with Crippen LogP contribution in [0, 0.1) is 0 Å². The zero-order chi connectivity index (χ0) is 38.6. The molecule has 1 rings (SSSR count). The van der Waals surface area contributed by atoms with Gasteiger partial charge in [-0.2, -0.15) is 8.42 Å². The summed E-state index contributed by atoms with van der Waals surface area (Å²) in [6.07, 6.45) is 46.7. The van der Waals surface area contributed by atoms with Crippen LogP contribution in [0.1, 0.15) is 214 Å². The Kier molecular flexibility index (Phi) is 33.9. The molecule has 8 nitrogen and oxygen atoms in total. The summed E-state index contributed by atoms with van der Waals surface area (Å²) in [5.74, 6) is 1.38. The molecule has 0 fully saturated rings. The lowest BCUT2D eigenvalue weighted by atomic mass is 10.1. The third kappa shape index (κ3) is 32.9. The first-order valence-corrected chi connectivity index (χ1v) is 22.9. The van der Waals surface area contributed by atoms with Crippen molar-refractivity contribution in [2.45, 2.75) is 220 Å². The molecule has 0 bridgehead atoms. The highest BCUT2D eigenvalue weighted by Gasteiger charge is 2.32. The van der Waals surface area contributed by atoms with Crippen molar-refractivity contribution in [3.63, 3.8) is 0 Å². The first-order valence-electron chi connectivity index (χ1n) is 21.5. The summed E-state index contributed by atoms with van der Waals surface area (Å²) < 4.78 is 29.7. The Balaban J connectivity index is 0.00000397. The number of hydrogen-bond acceptors (Lipinski definition) is 6. The maximum atomic E-state index is 12.8. The van der Waals surface area contributed by atoms with Crippen LogP contribution < -0.4 is 5.32 Å². The van der Waals surface area contributed by atoms with Crippen molar-refractivity contribution in [1.82, 2.24) is 10.2 Å². The molecule has 0 saturated heterocycles. The van der Waals surface area contributed by atoms with Crippen molar-refractivity contribution >= 4 is 22.1 Å². The second-order valence-electron chi connectivity index (χ2n) is 15.2. The number of aliphatic imine (C=N–C) groups is 1. The molecule has 0 atom stereocenters. The predicted octanol–water partition coefficient (Wildman–Crippen LogP) is 12.5. The van der Waals surface area contributed by atoms with E-state index in [-0.39, 0.29) is 11.6 Å². The number of nitrogens with one attached hydrogen (secondary N) is 1. The van der Waals surface area contributed by atoms with Gasteiger partial charge in [-0.3, -0.25) is 18.5 Å². The number of nitrogens with zero attached hydrogens (tertiary/aromatic N) is 2. The van der Waals surface area contributed by atoms with Gasteiger partial charge in [0.25, 0.3) is 0 Å². The van der Waals surface area contributed by atoms with Gasteiger partial charge in [-0.1, -0.05) is 147 Å². The van der Waals surface area contributed by atoms with E-state index >= 15 is 0 Å². The Morgan fingerprint density at radius 3 is 1.46 bits per heavy atom. The lowest BCUT2D eigenvalue weighted by Crippen LogP contribution is -2.57. The Bertz CT molecular complexity index is 1030. The van der Waals surface area contributed by atoms with Crippen molar-refractivity contribution in [3.8, 4) is 0 Å². The maximum absolute atomic E-state index is 12.8. The monoisotopic (exact) mass is 754 g/mol. The minimum Gasteiger partial charge on any atom is -0.336 e. The van der Waals surface area contributed by atoms with E-state index in [0.717, 1.165) is 39.5 Å². The number of carbonyl (C=O) groups excluding carboxylic acids is 1. The van der Waals surface area contributed by atoms with Gasteiger partial charge in [-0.25, -0.2) is 0 Å². The minimum absolute atomic E-state index is 0.186. The van der Waals surface area contributed by atoms with Gasteiger partial charge < -0.3 is 10.2 Å². The van der Waals surface area contributed by atoms with Crippen LogP contribution in [0.15, 0.2) is 29.3 Å². The van der Waals surface area contributed by atoms with Crippen LogP contribution in [0.25, 0.3) is 0 Å². The van der Waals surface area contributed by atoms with Crippen molar-refractivity contribution in [3.05, 3.63) is 24.3 Å². The molecule has 0 unspecified atom stereocenters. The summed E-state index contributed by atoms with van der Waals surface area (Å²) in [5.41, 5.74) is -0.364. The van der Waals surface area contributed by atoms with Crippen LogP contribution in [0.5, 0.6) is 0 Å².